The summed E-state index contributed by atoms with van der Waals surface area (Å²) in [4.78, 5) is 10.3. The number of rotatable bonds is 4. The monoisotopic (exact) mass is 157 g/mol. The Balaban J connectivity index is 4.37. The summed E-state index contributed by atoms with van der Waals surface area (Å²) in [5.74, 6) is -1.35. The smallest absolute Gasteiger partial charge is 0.320 e. The van der Waals surface area contributed by atoms with E-state index in [4.69, 9.17) is 15.0 Å². The molecule has 2 atom stereocenters. The third-order valence-electron chi connectivity index (χ3n) is 0.651. The summed E-state index contributed by atoms with van der Waals surface area (Å²) in [6.07, 6.45) is 0.0147. The second-order valence-corrected chi connectivity index (χ2v) is 2.00. The van der Waals surface area contributed by atoms with E-state index in [0.717, 1.165) is 11.8 Å². The van der Waals surface area contributed by atoms with Crippen molar-refractivity contribution >= 4 is 17.7 Å². The molecule has 0 aromatic rings. The molecule has 3 N–H and O–H groups in total. The van der Waals surface area contributed by atoms with Gasteiger partial charge < -0.3 is 10.8 Å². The molecule has 0 aromatic heterocycles. The summed E-state index contributed by atoms with van der Waals surface area (Å²) in [5, 5.41) is 8.39. The van der Waals surface area contributed by atoms with Crippen LogP contribution >= 0.6 is 11.8 Å². The minimum Gasteiger partial charge on any atom is -0.480 e. The Morgan fingerprint density at radius 3 is 3.00 bits per heavy atom. The zero-order valence-electron chi connectivity index (χ0n) is 8.00. The fourth-order valence-electron chi connectivity index (χ4n) is 0.213. The Morgan fingerprint density at radius 1 is 2.11 bits per heavy atom. The summed E-state index contributed by atoms with van der Waals surface area (Å²) >= 11 is 0.783. The van der Waals surface area contributed by atoms with Gasteiger partial charge in [0.2, 0.25) is 0 Å². The predicted octanol–water partition coefficient (Wildman–Crippen LogP) is 0.151. The molecule has 0 saturated carbocycles. The maximum absolute atomic E-state index is 10.3. The average Bonchev–Trinajstić information content (AvgIpc) is 2.01. The maximum atomic E-state index is 10.3. The summed E-state index contributed by atoms with van der Waals surface area (Å²) < 4.78 is 21.6. The lowest BCUT2D eigenvalue weighted by Gasteiger charge is -2.02. The number of nitrogens with two attached hydrogens (primary N) is 1. The van der Waals surface area contributed by atoms with Crippen molar-refractivity contribution in [1.82, 2.24) is 0 Å². The molecule has 0 fully saturated rings. The quantitative estimate of drug-likeness (QED) is 0.450. The van der Waals surface area contributed by atoms with E-state index in [1.807, 2.05) is 0 Å². The van der Waals surface area contributed by atoms with E-state index >= 15 is 0 Å². The van der Waals surface area contributed by atoms with Gasteiger partial charge in [0.15, 0.2) is 0 Å². The zero-order chi connectivity index (χ0) is 9.94. The Labute approximate surface area is 62.8 Å². The Bertz CT molecular complexity index is 178. The second kappa shape index (κ2) is 4.64. The van der Waals surface area contributed by atoms with Gasteiger partial charge in [0, 0.05) is 4.11 Å². The first-order valence-electron chi connectivity index (χ1n) is 3.86. The van der Waals surface area contributed by atoms with Gasteiger partial charge in [-0.1, -0.05) is 0 Å². The van der Waals surface area contributed by atoms with E-state index in [2.05, 4.69) is 0 Å². The fraction of sp³-hybridized carbons (Fsp3) is 0.800. The Morgan fingerprint density at radius 2 is 2.67 bits per heavy atom. The number of carbonyl (C=O) groups is 1. The van der Waals surface area contributed by atoms with Crippen molar-refractivity contribution < 1.29 is 14.0 Å². The highest BCUT2D eigenvalue weighted by Crippen LogP contribution is 1.97. The van der Waals surface area contributed by atoms with Gasteiger partial charge in [0.05, 0.1) is 0 Å². The average molecular weight is 157 g/mol. The molecular weight excluding hydrogens is 143 g/mol. The zero-order valence-corrected chi connectivity index (χ0v) is 5.81. The molecule has 0 unspecified atom stereocenters. The van der Waals surface area contributed by atoms with Crippen molar-refractivity contribution in [2.75, 3.05) is 12.0 Å². The van der Waals surface area contributed by atoms with Gasteiger partial charge in [-0.3, -0.25) is 4.79 Å². The molecule has 3 nitrogen and oxygen atoms in total. The van der Waals surface area contributed by atoms with Crippen molar-refractivity contribution in [3.05, 3.63) is 0 Å². The minimum absolute atomic E-state index is 0.783. The number of carboxylic acid groups (broad SMARTS) is 1. The molecule has 0 aliphatic carbocycles. The van der Waals surface area contributed by atoms with Gasteiger partial charge >= 0.3 is 5.97 Å². The van der Waals surface area contributed by atoms with Crippen molar-refractivity contribution in [2.45, 2.75) is 12.4 Å². The van der Waals surface area contributed by atoms with Crippen molar-refractivity contribution in [3.63, 3.8) is 0 Å². The van der Waals surface area contributed by atoms with Crippen LogP contribution in [-0.4, -0.2) is 29.1 Å². The number of hydrogen-bond acceptors (Lipinski definition) is 3. The molecular formula is C5H11NO2S. The molecule has 0 aliphatic heterocycles. The molecule has 0 aromatic carbocycles. The van der Waals surface area contributed by atoms with Crippen LogP contribution in [-0.2, 0) is 4.79 Å². The lowest BCUT2D eigenvalue weighted by Crippen LogP contribution is -2.30. The molecule has 9 heavy (non-hydrogen) atoms. The molecule has 0 spiro atoms. The molecule has 0 saturated heterocycles. The SMILES string of the molecule is [2H][13C@@H]([13C@H]([15NH2])[13C](=O)O)[13C]([2H])([2H])SC. The third kappa shape index (κ3) is 4.29. The normalized spacial score (nSPS) is 23.1. The largest absolute Gasteiger partial charge is 0.480 e. The van der Waals surface area contributed by atoms with E-state index in [-0.39, 0.29) is 0 Å². The fourth-order valence-corrected chi connectivity index (χ4v) is 0.495. The number of thioether (sulfide) groups is 1. The van der Waals surface area contributed by atoms with Crippen LogP contribution in [0.2, 0.25) is 0 Å². The topological polar surface area (TPSA) is 63.3 Å². The second-order valence-electron chi connectivity index (χ2n) is 1.35. The molecule has 0 amide bonds. The van der Waals surface area contributed by atoms with Crippen LogP contribution < -0.4 is 5.73 Å². The van der Waals surface area contributed by atoms with Crippen molar-refractivity contribution in [2.24, 2.45) is 5.73 Å². The number of aliphatic carboxylic acids is 1. The van der Waals surface area contributed by atoms with E-state index in [0.29, 0.717) is 0 Å². The maximum Gasteiger partial charge on any atom is 0.320 e. The minimum atomic E-state index is -1.92. The first kappa shape index (κ1) is 4.57. The van der Waals surface area contributed by atoms with Crippen LogP contribution in [0.15, 0.2) is 0 Å². The van der Waals surface area contributed by atoms with Gasteiger partial charge in [-0.15, -0.1) is 0 Å². The molecule has 0 bridgehead atoms. The highest BCUT2D eigenvalue weighted by atomic mass is 32.2. The summed E-state index contributed by atoms with van der Waals surface area (Å²) in [7, 11) is 0. The summed E-state index contributed by atoms with van der Waals surface area (Å²) in [6, 6.07) is -1.48. The standard InChI is InChI=1S/C5H11NO2S/c1-9-3-2-4(6)5(7)8/h4H,2-3,6H2,1H3,(H,7,8)/t4-/m0/s1/i2+1D,3+1D2,4+1,5+1,6+1/t2-,4+/m1. The van der Waals surface area contributed by atoms with E-state index in [9.17, 15) is 4.79 Å². The van der Waals surface area contributed by atoms with Gasteiger partial charge in [-0.2, -0.15) is 11.8 Å². The Hall–Kier alpha value is -0.220. The molecule has 0 radical (unpaired) electrons. The number of carboxylic acids is 1. The van der Waals surface area contributed by atoms with Gasteiger partial charge in [0.1, 0.15) is 6.04 Å². The van der Waals surface area contributed by atoms with E-state index in [1.165, 1.54) is 6.26 Å². The lowest BCUT2D eigenvalue weighted by molar-refractivity contribution is -0.138. The summed E-state index contributed by atoms with van der Waals surface area (Å²) in [5.41, 5.74) is 3.16. The van der Waals surface area contributed by atoms with Crippen molar-refractivity contribution in [1.29, 1.82) is 0 Å². The lowest BCUT2D eigenvalue weighted by atomic mass is 11.2. The van der Waals surface area contributed by atoms with Crippen LogP contribution in [0.5, 0.6) is 0 Å². The van der Waals surface area contributed by atoms with Crippen LogP contribution in [0.3, 0.4) is 0 Å². The highest BCUT2D eigenvalue weighted by molar-refractivity contribution is 7.98. The third-order valence-corrected chi connectivity index (χ3v) is 1.02. The van der Waals surface area contributed by atoms with E-state index in [1.54, 1.807) is 0 Å². The molecule has 54 valence electrons. The molecule has 0 aliphatic rings. The van der Waals surface area contributed by atoms with Gasteiger partial charge in [-0.25, -0.2) is 0 Å². The van der Waals surface area contributed by atoms with Crippen LogP contribution in [0.4, 0.5) is 0 Å². The van der Waals surface area contributed by atoms with E-state index < -0.39 is 24.1 Å². The molecule has 0 heterocycles. The first-order valence-corrected chi connectivity index (χ1v) is 3.51. The van der Waals surface area contributed by atoms with Gasteiger partial charge in [-0.05, 0) is 18.4 Å². The van der Waals surface area contributed by atoms with Crippen LogP contribution in [0, 0.1) is 0 Å². The van der Waals surface area contributed by atoms with Crippen LogP contribution in [0.1, 0.15) is 10.5 Å². The van der Waals surface area contributed by atoms with Gasteiger partial charge in [0.25, 0.3) is 0 Å². The van der Waals surface area contributed by atoms with Crippen molar-refractivity contribution in [3.8, 4) is 0 Å². The van der Waals surface area contributed by atoms with Crippen LogP contribution in [0.25, 0.3) is 0 Å². The Kier molecular flexibility index (Phi) is 2.36. The number of hydrogen-bond donors (Lipinski definition) is 2. The molecule has 4 heteroatoms. The highest BCUT2D eigenvalue weighted by Gasteiger charge is 2.08. The molecule has 0 rings (SSSR count). The summed E-state index contributed by atoms with van der Waals surface area (Å²) in [6.45, 7) is 0. The first-order chi connectivity index (χ1) is 5.33. The predicted molar refractivity (Wildman–Crippen MR) is 38.6 cm³/mol.